The molecule has 112 valence electrons. The fourth-order valence-corrected chi connectivity index (χ4v) is 2.92. The molecule has 0 aliphatic heterocycles. The van der Waals surface area contributed by atoms with Gasteiger partial charge in [-0.1, -0.05) is 13.0 Å². The van der Waals surface area contributed by atoms with E-state index in [1.807, 2.05) is 24.5 Å². The Balaban J connectivity index is 2.03. The van der Waals surface area contributed by atoms with Gasteiger partial charge in [0.05, 0.1) is 7.11 Å². The SMILES string of the molecule is CCCNCc1ccc(OC)c(CSc2ccncc2)c1. The topological polar surface area (TPSA) is 34.1 Å². The molecule has 0 saturated heterocycles. The molecule has 2 rings (SSSR count). The van der Waals surface area contributed by atoms with Gasteiger partial charge >= 0.3 is 0 Å². The molecule has 0 radical (unpaired) electrons. The van der Waals surface area contributed by atoms with Crippen LogP contribution in [-0.2, 0) is 12.3 Å². The molecule has 0 aliphatic rings. The van der Waals surface area contributed by atoms with Crippen molar-refractivity contribution in [3.05, 3.63) is 53.9 Å². The maximum absolute atomic E-state index is 5.47. The number of nitrogens with zero attached hydrogens (tertiary/aromatic N) is 1. The lowest BCUT2D eigenvalue weighted by Crippen LogP contribution is -2.13. The first kappa shape index (κ1) is 15.9. The summed E-state index contributed by atoms with van der Waals surface area (Å²) in [5.41, 5.74) is 2.53. The van der Waals surface area contributed by atoms with Crippen molar-refractivity contribution >= 4 is 11.8 Å². The quantitative estimate of drug-likeness (QED) is 0.593. The lowest BCUT2D eigenvalue weighted by Gasteiger charge is -2.11. The van der Waals surface area contributed by atoms with Crippen LogP contribution in [0.15, 0.2) is 47.6 Å². The number of hydrogen-bond donors (Lipinski definition) is 1. The Labute approximate surface area is 131 Å². The molecular weight excluding hydrogens is 280 g/mol. The molecule has 0 unspecified atom stereocenters. The lowest BCUT2D eigenvalue weighted by atomic mass is 10.1. The van der Waals surface area contributed by atoms with Gasteiger partial charge in [0, 0.05) is 35.2 Å². The third kappa shape index (κ3) is 5.06. The van der Waals surface area contributed by atoms with Crippen molar-refractivity contribution in [1.82, 2.24) is 10.3 Å². The van der Waals surface area contributed by atoms with E-state index in [1.165, 1.54) is 16.0 Å². The fraction of sp³-hybridized carbons (Fsp3) is 0.353. The van der Waals surface area contributed by atoms with Crippen molar-refractivity contribution in [2.24, 2.45) is 0 Å². The molecule has 21 heavy (non-hydrogen) atoms. The van der Waals surface area contributed by atoms with E-state index in [0.29, 0.717) is 0 Å². The van der Waals surface area contributed by atoms with Crippen LogP contribution < -0.4 is 10.1 Å². The summed E-state index contributed by atoms with van der Waals surface area (Å²) in [6, 6.07) is 10.5. The normalized spacial score (nSPS) is 10.6. The molecule has 1 heterocycles. The second kappa shape index (κ2) is 8.70. The van der Waals surface area contributed by atoms with Crippen molar-refractivity contribution < 1.29 is 4.74 Å². The molecule has 0 atom stereocenters. The van der Waals surface area contributed by atoms with Gasteiger partial charge in [-0.15, -0.1) is 11.8 Å². The number of benzene rings is 1. The smallest absolute Gasteiger partial charge is 0.122 e. The molecule has 0 fully saturated rings. The van der Waals surface area contributed by atoms with E-state index in [1.54, 1.807) is 18.9 Å². The minimum absolute atomic E-state index is 0.898. The molecule has 3 nitrogen and oxygen atoms in total. The molecule has 0 spiro atoms. The van der Waals surface area contributed by atoms with Crippen LogP contribution in [0, 0.1) is 0 Å². The number of ether oxygens (including phenoxy) is 1. The predicted molar refractivity (Wildman–Crippen MR) is 88.8 cm³/mol. The Bertz CT molecular complexity index is 546. The van der Waals surface area contributed by atoms with Crippen LogP contribution in [-0.4, -0.2) is 18.6 Å². The van der Waals surface area contributed by atoms with Gasteiger partial charge in [-0.3, -0.25) is 4.98 Å². The molecule has 1 aromatic carbocycles. The first-order valence-electron chi connectivity index (χ1n) is 7.22. The summed E-state index contributed by atoms with van der Waals surface area (Å²) in [5, 5.41) is 3.43. The van der Waals surface area contributed by atoms with E-state index in [2.05, 4.69) is 35.4 Å². The Morgan fingerprint density at radius 3 is 2.71 bits per heavy atom. The fourth-order valence-electron chi connectivity index (χ4n) is 2.06. The molecular formula is C17H22N2OS. The Morgan fingerprint density at radius 2 is 2.00 bits per heavy atom. The summed E-state index contributed by atoms with van der Waals surface area (Å²) in [7, 11) is 1.73. The number of hydrogen-bond acceptors (Lipinski definition) is 4. The van der Waals surface area contributed by atoms with Gasteiger partial charge in [-0.25, -0.2) is 0 Å². The van der Waals surface area contributed by atoms with Crippen molar-refractivity contribution in [2.75, 3.05) is 13.7 Å². The average Bonchev–Trinajstić information content (AvgIpc) is 2.54. The summed E-state index contributed by atoms with van der Waals surface area (Å²) in [6.45, 7) is 4.13. The summed E-state index contributed by atoms with van der Waals surface area (Å²) in [5.74, 6) is 1.85. The molecule has 0 saturated carbocycles. The highest BCUT2D eigenvalue weighted by Gasteiger charge is 2.05. The van der Waals surface area contributed by atoms with Crippen molar-refractivity contribution in [1.29, 1.82) is 0 Å². The molecule has 1 N–H and O–H groups in total. The zero-order valence-corrected chi connectivity index (χ0v) is 13.5. The Morgan fingerprint density at radius 1 is 1.19 bits per heavy atom. The zero-order chi connectivity index (χ0) is 14.9. The van der Waals surface area contributed by atoms with Crippen LogP contribution in [0.4, 0.5) is 0 Å². The van der Waals surface area contributed by atoms with Gasteiger partial charge in [0.2, 0.25) is 0 Å². The summed E-state index contributed by atoms with van der Waals surface area (Å²) in [4.78, 5) is 5.27. The Kier molecular flexibility index (Phi) is 6.57. The highest BCUT2D eigenvalue weighted by Crippen LogP contribution is 2.28. The number of methoxy groups -OCH3 is 1. The minimum Gasteiger partial charge on any atom is -0.496 e. The average molecular weight is 302 g/mol. The summed E-state index contributed by atoms with van der Waals surface area (Å²) in [6.07, 6.45) is 4.80. The lowest BCUT2D eigenvalue weighted by molar-refractivity contribution is 0.411. The number of thioether (sulfide) groups is 1. The largest absolute Gasteiger partial charge is 0.496 e. The van der Waals surface area contributed by atoms with Crippen LogP contribution in [0.25, 0.3) is 0 Å². The highest BCUT2D eigenvalue weighted by atomic mass is 32.2. The first-order valence-corrected chi connectivity index (χ1v) is 8.21. The Hall–Kier alpha value is -1.52. The second-order valence-electron chi connectivity index (χ2n) is 4.79. The number of pyridine rings is 1. The second-order valence-corrected chi connectivity index (χ2v) is 5.84. The third-order valence-electron chi connectivity index (χ3n) is 3.14. The number of aromatic nitrogens is 1. The number of nitrogens with one attached hydrogen (secondary N) is 1. The van der Waals surface area contributed by atoms with Gasteiger partial charge in [-0.05, 0) is 42.8 Å². The van der Waals surface area contributed by atoms with Gasteiger partial charge < -0.3 is 10.1 Å². The molecule has 2 aromatic rings. The predicted octanol–water partition coefficient (Wildman–Crippen LogP) is 3.88. The standard InChI is InChI=1S/C17H22N2OS/c1-3-8-19-12-14-4-5-17(20-2)15(11-14)13-21-16-6-9-18-10-7-16/h4-7,9-11,19H,3,8,12-13H2,1-2H3. The zero-order valence-electron chi connectivity index (χ0n) is 12.6. The van der Waals surface area contributed by atoms with E-state index < -0.39 is 0 Å². The summed E-state index contributed by atoms with van der Waals surface area (Å²) < 4.78 is 5.47. The number of rotatable bonds is 8. The maximum atomic E-state index is 5.47. The molecule has 0 aliphatic carbocycles. The minimum atomic E-state index is 0.898. The van der Waals surface area contributed by atoms with Crippen molar-refractivity contribution in [3.63, 3.8) is 0 Å². The van der Waals surface area contributed by atoms with Crippen LogP contribution in [0.1, 0.15) is 24.5 Å². The van der Waals surface area contributed by atoms with Crippen LogP contribution in [0.2, 0.25) is 0 Å². The van der Waals surface area contributed by atoms with Crippen molar-refractivity contribution in [3.8, 4) is 5.75 Å². The van der Waals surface area contributed by atoms with Crippen LogP contribution in [0.3, 0.4) is 0 Å². The molecule has 0 amide bonds. The molecule has 0 bridgehead atoms. The van der Waals surface area contributed by atoms with Crippen LogP contribution >= 0.6 is 11.8 Å². The van der Waals surface area contributed by atoms with E-state index in [0.717, 1.165) is 31.0 Å². The van der Waals surface area contributed by atoms with E-state index in [-0.39, 0.29) is 0 Å². The van der Waals surface area contributed by atoms with Crippen LogP contribution in [0.5, 0.6) is 5.75 Å². The third-order valence-corrected chi connectivity index (χ3v) is 4.21. The summed E-state index contributed by atoms with van der Waals surface area (Å²) >= 11 is 1.80. The van der Waals surface area contributed by atoms with Gasteiger partial charge in [0.25, 0.3) is 0 Å². The molecule has 4 heteroatoms. The van der Waals surface area contributed by atoms with Gasteiger partial charge in [0.15, 0.2) is 0 Å². The van der Waals surface area contributed by atoms with Gasteiger partial charge in [0.1, 0.15) is 5.75 Å². The van der Waals surface area contributed by atoms with E-state index >= 15 is 0 Å². The maximum Gasteiger partial charge on any atom is 0.122 e. The van der Waals surface area contributed by atoms with Crippen molar-refractivity contribution in [2.45, 2.75) is 30.5 Å². The highest BCUT2D eigenvalue weighted by molar-refractivity contribution is 7.98. The van der Waals surface area contributed by atoms with Gasteiger partial charge in [-0.2, -0.15) is 0 Å². The first-order chi connectivity index (χ1) is 10.3. The van der Waals surface area contributed by atoms with E-state index in [4.69, 9.17) is 4.74 Å². The monoisotopic (exact) mass is 302 g/mol. The molecule has 1 aromatic heterocycles. The van der Waals surface area contributed by atoms with E-state index in [9.17, 15) is 0 Å².